The summed E-state index contributed by atoms with van der Waals surface area (Å²) >= 11 is 0. The summed E-state index contributed by atoms with van der Waals surface area (Å²) in [6.45, 7) is 11.4. The molecule has 256 valence electrons. The standard InChI is InChI=1S/C42H68N2.Ni/c1-6-11-16-17-18-19-20-21-22-23-28-42(44-41-32-30-37(25-13-8-3)39(34-41)27-15-10-5)35-43-40-31-29-36(24-12-7-2)38(33-40)26-14-9-4;/h29-35H,6-28H2,1-5H3;. The van der Waals surface area contributed by atoms with Gasteiger partial charge >= 0.3 is 0 Å². The van der Waals surface area contributed by atoms with E-state index in [4.69, 9.17) is 9.98 Å². The van der Waals surface area contributed by atoms with Gasteiger partial charge in [-0.15, -0.1) is 0 Å². The zero-order chi connectivity index (χ0) is 31.7. The third kappa shape index (κ3) is 18.3. The van der Waals surface area contributed by atoms with Gasteiger partial charge in [-0.05, 0) is 111 Å². The van der Waals surface area contributed by atoms with Gasteiger partial charge in [0.15, 0.2) is 0 Å². The molecule has 2 aromatic carbocycles. The number of unbranched alkanes of at least 4 members (excludes halogenated alkanes) is 13. The Morgan fingerprint density at radius 1 is 0.467 bits per heavy atom. The summed E-state index contributed by atoms with van der Waals surface area (Å²) in [5.41, 5.74) is 9.33. The predicted molar refractivity (Wildman–Crippen MR) is 199 cm³/mol. The normalized spacial score (nSPS) is 11.8. The molecule has 0 aromatic heterocycles. The van der Waals surface area contributed by atoms with Gasteiger partial charge in [0.2, 0.25) is 0 Å². The monoisotopic (exact) mass is 658 g/mol. The van der Waals surface area contributed by atoms with Crippen molar-refractivity contribution in [1.29, 1.82) is 0 Å². The van der Waals surface area contributed by atoms with Gasteiger partial charge < -0.3 is 0 Å². The summed E-state index contributed by atoms with van der Waals surface area (Å²) in [7, 11) is 0. The van der Waals surface area contributed by atoms with E-state index < -0.39 is 0 Å². The molecule has 0 spiro atoms. The minimum absolute atomic E-state index is 0. The number of nitrogens with zero attached hydrogens (tertiary/aromatic N) is 2. The summed E-state index contributed by atoms with van der Waals surface area (Å²) in [4.78, 5) is 10.3. The fourth-order valence-corrected chi connectivity index (χ4v) is 6.05. The van der Waals surface area contributed by atoms with Crippen molar-refractivity contribution in [2.45, 2.75) is 182 Å². The van der Waals surface area contributed by atoms with Crippen LogP contribution in [0.2, 0.25) is 0 Å². The molecule has 0 amide bonds. The first kappa shape index (κ1) is 41.3. The first-order valence-electron chi connectivity index (χ1n) is 19.0. The quantitative estimate of drug-likeness (QED) is 0.0546. The third-order valence-electron chi connectivity index (χ3n) is 9.00. The van der Waals surface area contributed by atoms with Gasteiger partial charge in [-0.2, -0.15) is 0 Å². The number of benzene rings is 2. The van der Waals surface area contributed by atoms with Crippen molar-refractivity contribution < 1.29 is 16.5 Å². The molecule has 2 rings (SSSR count). The molecule has 2 nitrogen and oxygen atoms in total. The van der Waals surface area contributed by atoms with Crippen LogP contribution in [0, 0.1) is 0 Å². The molecule has 0 saturated heterocycles. The van der Waals surface area contributed by atoms with Crippen LogP contribution in [0.1, 0.15) is 179 Å². The van der Waals surface area contributed by atoms with Crippen LogP contribution >= 0.6 is 0 Å². The summed E-state index contributed by atoms with van der Waals surface area (Å²) < 4.78 is 0. The van der Waals surface area contributed by atoms with Gasteiger partial charge in [-0.1, -0.05) is 130 Å². The number of hydrogen-bond donors (Lipinski definition) is 0. The maximum Gasteiger partial charge on any atom is 0.0636 e. The number of aliphatic imine (C=N–C) groups is 2. The van der Waals surface area contributed by atoms with Crippen LogP contribution in [0.5, 0.6) is 0 Å². The Hall–Kier alpha value is -1.73. The minimum Gasteiger partial charge on any atom is -0.255 e. The molecule has 0 aliphatic heterocycles. The molecule has 0 bridgehead atoms. The molecule has 0 heterocycles. The summed E-state index contributed by atoms with van der Waals surface area (Å²) in [6, 6.07) is 13.9. The first-order chi connectivity index (χ1) is 21.6. The number of aryl methyl sites for hydroxylation is 4. The average Bonchev–Trinajstić information content (AvgIpc) is 3.04. The van der Waals surface area contributed by atoms with Crippen molar-refractivity contribution in [2.75, 3.05) is 0 Å². The maximum atomic E-state index is 5.24. The zero-order valence-electron chi connectivity index (χ0n) is 30.0. The number of hydrogen-bond acceptors (Lipinski definition) is 2. The fraction of sp³-hybridized carbons (Fsp3) is 0.667. The van der Waals surface area contributed by atoms with E-state index in [2.05, 4.69) is 77.2 Å². The van der Waals surface area contributed by atoms with Crippen LogP contribution in [-0.4, -0.2) is 11.9 Å². The minimum atomic E-state index is 0. The molecule has 0 saturated carbocycles. The van der Waals surface area contributed by atoms with Gasteiger partial charge in [0.1, 0.15) is 0 Å². The van der Waals surface area contributed by atoms with Crippen molar-refractivity contribution in [3.63, 3.8) is 0 Å². The van der Waals surface area contributed by atoms with Gasteiger partial charge in [0.05, 0.1) is 17.1 Å². The van der Waals surface area contributed by atoms with E-state index in [1.54, 1.807) is 0 Å². The van der Waals surface area contributed by atoms with Crippen LogP contribution in [0.4, 0.5) is 11.4 Å². The summed E-state index contributed by atoms with van der Waals surface area (Å²) in [5.74, 6) is 0. The Labute approximate surface area is 289 Å². The van der Waals surface area contributed by atoms with E-state index in [9.17, 15) is 0 Å². The van der Waals surface area contributed by atoms with Crippen LogP contribution < -0.4 is 0 Å². The van der Waals surface area contributed by atoms with Gasteiger partial charge in [-0.3, -0.25) is 9.98 Å². The van der Waals surface area contributed by atoms with E-state index in [0.717, 1.165) is 36.3 Å². The Kier molecular flexibility index (Phi) is 25.1. The second-order valence-electron chi connectivity index (χ2n) is 13.1. The van der Waals surface area contributed by atoms with Gasteiger partial charge in [0, 0.05) is 22.7 Å². The molecule has 0 unspecified atom stereocenters. The Morgan fingerprint density at radius 2 is 0.867 bits per heavy atom. The smallest absolute Gasteiger partial charge is 0.0636 e. The molecule has 0 atom stereocenters. The van der Waals surface area contributed by atoms with Crippen LogP contribution in [0.25, 0.3) is 0 Å². The van der Waals surface area contributed by atoms with Crippen molar-refractivity contribution in [3.8, 4) is 0 Å². The maximum absolute atomic E-state index is 5.24. The zero-order valence-corrected chi connectivity index (χ0v) is 31.0. The summed E-state index contributed by atoms with van der Waals surface area (Å²) in [6.07, 6.45) is 31.3. The van der Waals surface area contributed by atoms with Crippen molar-refractivity contribution in [1.82, 2.24) is 0 Å². The number of rotatable bonds is 26. The third-order valence-corrected chi connectivity index (χ3v) is 9.00. The predicted octanol–water partition coefficient (Wildman–Crippen LogP) is 13.8. The molecule has 2 aromatic rings. The largest absolute Gasteiger partial charge is 0.255 e. The average molecular weight is 660 g/mol. The van der Waals surface area contributed by atoms with E-state index in [1.165, 1.54) is 151 Å². The Balaban J connectivity index is 0.0000101. The van der Waals surface area contributed by atoms with E-state index in [1.807, 2.05) is 0 Å². The van der Waals surface area contributed by atoms with Crippen molar-refractivity contribution >= 4 is 23.3 Å². The van der Waals surface area contributed by atoms with E-state index in [-0.39, 0.29) is 16.5 Å². The summed E-state index contributed by atoms with van der Waals surface area (Å²) in [5, 5.41) is 0. The van der Waals surface area contributed by atoms with E-state index >= 15 is 0 Å². The van der Waals surface area contributed by atoms with E-state index in [0.29, 0.717) is 0 Å². The first-order valence-corrected chi connectivity index (χ1v) is 19.0. The molecular weight excluding hydrogens is 591 g/mol. The second-order valence-corrected chi connectivity index (χ2v) is 13.1. The van der Waals surface area contributed by atoms with Crippen LogP contribution in [0.3, 0.4) is 0 Å². The Morgan fingerprint density at radius 3 is 1.36 bits per heavy atom. The topological polar surface area (TPSA) is 24.7 Å². The van der Waals surface area contributed by atoms with Gasteiger partial charge in [-0.25, -0.2) is 0 Å². The SMILES string of the molecule is CCCCCCCCCCCCC(C=Nc1ccc(CCCC)c(CCCC)c1)=Nc1ccc(CCCC)c(CCCC)c1.[Ni]. The molecule has 0 aliphatic carbocycles. The molecule has 3 heteroatoms. The molecule has 0 radical (unpaired) electrons. The molecular formula is C42H68N2Ni. The van der Waals surface area contributed by atoms with Crippen LogP contribution in [-0.2, 0) is 42.2 Å². The van der Waals surface area contributed by atoms with Gasteiger partial charge in [0.25, 0.3) is 0 Å². The Bertz CT molecular complexity index is 1070. The van der Waals surface area contributed by atoms with Crippen molar-refractivity contribution in [2.24, 2.45) is 9.98 Å². The molecule has 0 fully saturated rings. The van der Waals surface area contributed by atoms with Crippen LogP contribution in [0.15, 0.2) is 46.4 Å². The molecule has 45 heavy (non-hydrogen) atoms. The molecule has 0 N–H and O–H groups in total. The second kappa shape index (κ2) is 27.4. The molecule has 0 aliphatic rings. The van der Waals surface area contributed by atoms with Crippen molar-refractivity contribution in [3.05, 3.63) is 58.7 Å². The fourth-order valence-electron chi connectivity index (χ4n) is 6.05.